The van der Waals surface area contributed by atoms with Crippen LogP contribution in [0, 0.1) is 0 Å². The summed E-state index contributed by atoms with van der Waals surface area (Å²) in [4.78, 5) is 22.6. The highest BCUT2D eigenvalue weighted by molar-refractivity contribution is 5.96. The first-order chi connectivity index (χ1) is 12.2. The molecular formula is C19H17N3O3. The highest BCUT2D eigenvalue weighted by Gasteiger charge is 2.26. The van der Waals surface area contributed by atoms with E-state index in [9.17, 15) is 9.90 Å². The molecule has 6 heteroatoms. The summed E-state index contributed by atoms with van der Waals surface area (Å²) >= 11 is 0. The largest absolute Gasteiger partial charge is 0.478 e. The number of carboxylic acids is 1. The van der Waals surface area contributed by atoms with Gasteiger partial charge in [-0.05, 0) is 41.8 Å². The van der Waals surface area contributed by atoms with Gasteiger partial charge in [0, 0.05) is 37.2 Å². The molecular weight excluding hydrogens is 318 g/mol. The maximum atomic E-state index is 11.9. The van der Waals surface area contributed by atoms with E-state index in [1.165, 1.54) is 0 Å². The summed E-state index contributed by atoms with van der Waals surface area (Å²) in [5.41, 5.74) is 3.43. The molecule has 0 saturated heterocycles. The first kappa shape index (κ1) is 15.5. The molecule has 1 aliphatic rings. The summed E-state index contributed by atoms with van der Waals surface area (Å²) in [7, 11) is 0. The molecule has 0 aliphatic carbocycles. The number of aromatic carboxylic acids is 1. The van der Waals surface area contributed by atoms with Gasteiger partial charge < -0.3 is 9.52 Å². The summed E-state index contributed by atoms with van der Waals surface area (Å²) in [6.45, 7) is 2.16. The Morgan fingerprint density at radius 3 is 2.84 bits per heavy atom. The van der Waals surface area contributed by atoms with E-state index in [0.717, 1.165) is 29.0 Å². The van der Waals surface area contributed by atoms with Crippen LogP contribution in [0.3, 0.4) is 0 Å². The van der Waals surface area contributed by atoms with Gasteiger partial charge in [0.1, 0.15) is 5.76 Å². The summed E-state index contributed by atoms with van der Waals surface area (Å²) < 4.78 is 5.41. The quantitative estimate of drug-likeness (QED) is 0.789. The van der Waals surface area contributed by atoms with Crippen LogP contribution in [-0.2, 0) is 19.5 Å². The Bertz CT molecular complexity index is 892. The lowest BCUT2D eigenvalue weighted by molar-refractivity contribution is 0.0694. The predicted octanol–water partition coefficient (Wildman–Crippen LogP) is 2.99. The molecule has 3 aromatic heterocycles. The molecule has 3 aromatic rings. The summed E-state index contributed by atoms with van der Waals surface area (Å²) in [5.74, 6) is -0.0288. The van der Waals surface area contributed by atoms with Gasteiger partial charge in [-0.25, -0.2) is 4.79 Å². The number of carboxylic acid groups (broad SMARTS) is 1. The molecule has 0 saturated carbocycles. The number of furan rings is 1. The van der Waals surface area contributed by atoms with E-state index in [4.69, 9.17) is 4.42 Å². The molecule has 6 nitrogen and oxygen atoms in total. The van der Waals surface area contributed by atoms with E-state index < -0.39 is 5.97 Å². The zero-order valence-electron chi connectivity index (χ0n) is 13.6. The van der Waals surface area contributed by atoms with E-state index in [1.807, 2.05) is 12.1 Å². The van der Waals surface area contributed by atoms with Crippen LogP contribution in [0.2, 0.25) is 0 Å². The number of nitrogens with zero attached hydrogens (tertiary/aromatic N) is 3. The average molecular weight is 335 g/mol. The van der Waals surface area contributed by atoms with Crippen LogP contribution in [0.1, 0.15) is 27.2 Å². The molecule has 0 spiro atoms. The van der Waals surface area contributed by atoms with Gasteiger partial charge >= 0.3 is 5.97 Å². The van der Waals surface area contributed by atoms with Crippen molar-refractivity contribution < 1.29 is 14.3 Å². The van der Waals surface area contributed by atoms with Gasteiger partial charge in [-0.3, -0.25) is 14.9 Å². The highest BCUT2D eigenvalue weighted by atomic mass is 16.4. The Hall–Kier alpha value is -2.99. The minimum absolute atomic E-state index is 0.307. The number of rotatable bonds is 4. The van der Waals surface area contributed by atoms with Crippen molar-refractivity contribution in [2.45, 2.75) is 19.5 Å². The van der Waals surface area contributed by atoms with Crippen molar-refractivity contribution in [3.63, 3.8) is 0 Å². The lowest BCUT2D eigenvalue weighted by Gasteiger charge is -2.29. The van der Waals surface area contributed by atoms with Crippen molar-refractivity contribution in [1.82, 2.24) is 14.9 Å². The van der Waals surface area contributed by atoms with Gasteiger partial charge in [0.15, 0.2) is 0 Å². The van der Waals surface area contributed by atoms with Gasteiger partial charge in [-0.15, -0.1) is 0 Å². The minimum atomic E-state index is -0.935. The topological polar surface area (TPSA) is 79.5 Å². The second-order valence-corrected chi connectivity index (χ2v) is 6.07. The van der Waals surface area contributed by atoms with Crippen molar-refractivity contribution in [2.75, 3.05) is 6.54 Å². The molecule has 0 amide bonds. The number of fused-ring (bicyclic) bond motifs is 1. The second kappa shape index (κ2) is 6.49. The number of hydrogen-bond acceptors (Lipinski definition) is 5. The maximum Gasteiger partial charge on any atom is 0.338 e. The van der Waals surface area contributed by atoms with Gasteiger partial charge in [0.05, 0.1) is 24.1 Å². The minimum Gasteiger partial charge on any atom is -0.478 e. The molecule has 4 rings (SSSR count). The molecule has 25 heavy (non-hydrogen) atoms. The van der Waals surface area contributed by atoms with Crippen LogP contribution < -0.4 is 0 Å². The lowest BCUT2D eigenvalue weighted by Crippen LogP contribution is -2.31. The highest BCUT2D eigenvalue weighted by Crippen LogP contribution is 2.30. The number of aromatic nitrogens is 2. The molecule has 0 radical (unpaired) electrons. The Balaban J connectivity index is 1.69. The lowest BCUT2D eigenvalue weighted by atomic mass is 9.93. The van der Waals surface area contributed by atoms with Crippen molar-refractivity contribution in [1.29, 1.82) is 0 Å². The Kier molecular flexibility index (Phi) is 4.03. The zero-order chi connectivity index (χ0) is 17.2. The third-order valence-electron chi connectivity index (χ3n) is 4.47. The number of pyridine rings is 2. The standard InChI is InChI=1S/C19H17N3O3/c23-19(24)17-16-5-8-22(12-15-2-1-9-25-15)11-14(16)10-21-18(17)13-3-6-20-7-4-13/h1-4,6-7,9-10H,5,8,11-12H2,(H,23,24). The third kappa shape index (κ3) is 3.04. The molecule has 0 atom stereocenters. The SMILES string of the molecule is O=C(O)c1c(-c2ccncc2)ncc2c1CCN(Cc1ccco1)C2. The third-order valence-corrected chi connectivity index (χ3v) is 4.47. The molecule has 0 unspecified atom stereocenters. The maximum absolute atomic E-state index is 11.9. The van der Waals surface area contributed by atoms with Gasteiger partial charge in [0.2, 0.25) is 0 Å². The predicted molar refractivity (Wildman–Crippen MR) is 91.0 cm³/mol. The monoisotopic (exact) mass is 335 g/mol. The van der Waals surface area contributed by atoms with E-state index in [-0.39, 0.29) is 0 Å². The van der Waals surface area contributed by atoms with Crippen LogP contribution in [0.25, 0.3) is 11.3 Å². The van der Waals surface area contributed by atoms with Gasteiger partial charge in [-0.2, -0.15) is 0 Å². The van der Waals surface area contributed by atoms with Crippen molar-refractivity contribution in [2.24, 2.45) is 0 Å². The van der Waals surface area contributed by atoms with Crippen LogP contribution in [0.15, 0.2) is 53.5 Å². The number of carbonyl (C=O) groups is 1. The zero-order valence-corrected chi connectivity index (χ0v) is 13.6. The van der Waals surface area contributed by atoms with Crippen LogP contribution in [0.5, 0.6) is 0 Å². The van der Waals surface area contributed by atoms with E-state index >= 15 is 0 Å². The van der Waals surface area contributed by atoms with Gasteiger partial charge in [0.25, 0.3) is 0 Å². The fourth-order valence-corrected chi connectivity index (χ4v) is 3.32. The Morgan fingerprint density at radius 2 is 2.12 bits per heavy atom. The van der Waals surface area contributed by atoms with E-state index in [0.29, 0.717) is 30.8 Å². The first-order valence-corrected chi connectivity index (χ1v) is 8.11. The van der Waals surface area contributed by atoms with E-state index in [2.05, 4.69) is 14.9 Å². The molecule has 0 bridgehead atoms. The van der Waals surface area contributed by atoms with Gasteiger partial charge in [-0.1, -0.05) is 0 Å². The normalized spacial score (nSPS) is 14.2. The second-order valence-electron chi connectivity index (χ2n) is 6.07. The fraction of sp³-hybridized carbons (Fsp3) is 0.211. The molecule has 1 N–H and O–H groups in total. The smallest absolute Gasteiger partial charge is 0.338 e. The number of hydrogen-bond donors (Lipinski definition) is 1. The van der Waals surface area contributed by atoms with Crippen LogP contribution >= 0.6 is 0 Å². The molecule has 126 valence electrons. The van der Waals surface area contributed by atoms with Crippen molar-refractivity contribution in [3.8, 4) is 11.3 Å². The molecule has 4 heterocycles. The summed E-state index contributed by atoms with van der Waals surface area (Å²) in [6.07, 6.45) is 7.43. The molecule has 0 aromatic carbocycles. The average Bonchev–Trinajstić information content (AvgIpc) is 3.14. The Morgan fingerprint density at radius 1 is 1.28 bits per heavy atom. The van der Waals surface area contributed by atoms with Crippen LogP contribution in [-0.4, -0.2) is 32.5 Å². The Labute approximate surface area is 144 Å². The fourth-order valence-electron chi connectivity index (χ4n) is 3.32. The van der Waals surface area contributed by atoms with Crippen LogP contribution in [0.4, 0.5) is 0 Å². The summed E-state index contributed by atoms with van der Waals surface area (Å²) in [6, 6.07) is 7.39. The summed E-state index contributed by atoms with van der Waals surface area (Å²) in [5, 5.41) is 9.77. The van der Waals surface area contributed by atoms with Crippen molar-refractivity contribution in [3.05, 3.63) is 71.6 Å². The van der Waals surface area contributed by atoms with E-state index in [1.54, 1.807) is 37.0 Å². The molecule has 0 fully saturated rings. The van der Waals surface area contributed by atoms with Crippen molar-refractivity contribution >= 4 is 5.97 Å². The molecule has 1 aliphatic heterocycles. The first-order valence-electron chi connectivity index (χ1n) is 8.11.